The third-order valence-electron chi connectivity index (χ3n) is 4.54. The number of nitrogens with one attached hydrogen (secondary N) is 2. The Kier molecular flexibility index (Phi) is 8.45. The second-order valence-corrected chi connectivity index (χ2v) is 8.98. The molecule has 0 unspecified atom stereocenters. The maximum absolute atomic E-state index is 12.4. The second kappa shape index (κ2) is 10.7. The van der Waals surface area contributed by atoms with Crippen molar-refractivity contribution in [3.8, 4) is 0 Å². The quantitative estimate of drug-likeness (QED) is 0.137. The van der Waals surface area contributed by atoms with Crippen molar-refractivity contribution in [3.05, 3.63) is 80.4 Å². The highest BCUT2D eigenvalue weighted by Crippen LogP contribution is 2.15. The van der Waals surface area contributed by atoms with Crippen LogP contribution in [-0.4, -0.2) is 26.6 Å². The van der Waals surface area contributed by atoms with E-state index >= 15 is 0 Å². The minimum Gasteiger partial charge on any atom is -1.00 e. The predicted molar refractivity (Wildman–Crippen MR) is 121 cm³/mol. The Bertz CT molecular complexity index is 1200. The van der Waals surface area contributed by atoms with Gasteiger partial charge in [-0.25, -0.2) is 0 Å². The summed E-state index contributed by atoms with van der Waals surface area (Å²) in [5.41, 5.74) is 5.02. The molecule has 4 N–H and O–H groups in total. The summed E-state index contributed by atoms with van der Waals surface area (Å²) in [6.07, 6.45) is 3.25. The van der Waals surface area contributed by atoms with Gasteiger partial charge in [-0.2, -0.15) is 9.24 Å². The van der Waals surface area contributed by atoms with Crippen molar-refractivity contribution in [2.75, 3.05) is 11.3 Å². The first kappa shape index (κ1) is 26.1. The number of hydrogen-bond acceptors (Lipinski definition) is 7. The Labute approximate surface area is 209 Å². The molecule has 0 fully saturated rings. The molecule has 0 saturated carbocycles. The number of amides is 1. The smallest absolute Gasteiger partial charge is 0.295 e. The SMILES string of the molecule is CC(C)(C)c1nnc(NNC(=O)c2cc[n+](CC(=O)c3ccc(Br)cc3)cc2)n(N)c1=O.[Br-]. The van der Waals surface area contributed by atoms with E-state index in [1.54, 1.807) is 53.4 Å². The number of anilines is 1. The Morgan fingerprint density at radius 2 is 1.67 bits per heavy atom. The predicted octanol–water partition coefficient (Wildman–Crippen LogP) is -1.66. The molecule has 0 bridgehead atoms. The molecule has 0 aliphatic rings. The van der Waals surface area contributed by atoms with Crippen LogP contribution in [0, 0.1) is 0 Å². The zero-order valence-electron chi connectivity index (χ0n) is 18.2. The van der Waals surface area contributed by atoms with Gasteiger partial charge in [0.2, 0.25) is 12.3 Å². The molecule has 12 heteroatoms. The fourth-order valence-corrected chi connectivity index (χ4v) is 3.01. The van der Waals surface area contributed by atoms with E-state index < -0.39 is 16.9 Å². The molecule has 10 nitrogen and oxygen atoms in total. The molecule has 33 heavy (non-hydrogen) atoms. The van der Waals surface area contributed by atoms with Crippen molar-refractivity contribution in [1.82, 2.24) is 20.3 Å². The average molecular weight is 581 g/mol. The summed E-state index contributed by atoms with van der Waals surface area (Å²) in [7, 11) is 0. The molecule has 0 saturated heterocycles. The number of nitrogens with two attached hydrogens (primary N) is 1. The van der Waals surface area contributed by atoms with Crippen LogP contribution in [-0.2, 0) is 12.0 Å². The molecule has 3 rings (SSSR count). The molecule has 0 atom stereocenters. The lowest BCUT2D eigenvalue weighted by molar-refractivity contribution is -0.683. The van der Waals surface area contributed by atoms with Crippen molar-refractivity contribution in [2.45, 2.75) is 32.7 Å². The zero-order valence-corrected chi connectivity index (χ0v) is 21.3. The van der Waals surface area contributed by atoms with Crippen molar-refractivity contribution < 1.29 is 31.1 Å². The van der Waals surface area contributed by atoms with E-state index in [2.05, 4.69) is 37.0 Å². The van der Waals surface area contributed by atoms with Gasteiger partial charge in [0, 0.05) is 27.6 Å². The first-order valence-electron chi connectivity index (χ1n) is 9.66. The number of aromatic nitrogens is 4. The molecule has 2 aromatic heterocycles. The number of pyridine rings is 1. The fourth-order valence-electron chi connectivity index (χ4n) is 2.75. The molecule has 0 radical (unpaired) electrons. The molecule has 0 aliphatic carbocycles. The largest absolute Gasteiger partial charge is 1.00 e. The molecule has 2 heterocycles. The lowest BCUT2D eigenvalue weighted by Gasteiger charge is -2.17. The van der Waals surface area contributed by atoms with Gasteiger partial charge in [-0.05, 0) is 12.1 Å². The highest BCUT2D eigenvalue weighted by molar-refractivity contribution is 9.10. The van der Waals surface area contributed by atoms with Crippen LogP contribution in [0.4, 0.5) is 5.95 Å². The van der Waals surface area contributed by atoms with E-state index in [1.807, 2.05) is 20.8 Å². The minimum absolute atomic E-state index is 0. The van der Waals surface area contributed by atoms with E-state index in [9.17, 15) is 14.4 Å². The van der Waals surface area contributed by atoms with Crippen LogP contribution in [0.15, 0.2) is 58.1 Å². The van der Waals surface area contributed by atoms with Crippen molar-refractivity contribution in [2.24, 2.45) is 0 Å². The lowest BCUT2D eigenvalue weighted by atomic mass is 9.93. The number of rotatable bonds is 6. The maximum Gasteiger partial charge on any atom is 0.295 e. The van der Waals surface area contributed by atoms with Gasteiger partial charge >= 0.3 is 0 Å². The summed E-state index contributed by atoms with van der Waals surface area (Å²) < 4.78 is 3.36. The minimum atomic E-state index is -0.523. The lowest BCUT2D eigenvalue weighted by Crippen LogP contribution is -3.00. The third-order valence-corrected chi connectivity index (χ3v) is 5.07. The summed E-state index contributed by atoms with van der Waals surface area (Å²) in [4.78, 5) is 37.1. The number of nitrogen functional groups attached to an aromatic ring is 1. The van der Waals surface area contributed by atoms with E-state index in [0.29, 0.717) is 11.1 Å². The summed E-state index contributed by atoms with van der Waals surface area (Å²) in [5, 5.41) is 7.78. The van der Waals surface area contributed by atoms with E-state index in [4.69, 9.17) is 5.84 Å². The second-order valence-electron chi connectivity index (χ2n) is 8.07. The number of nitrogens with zero attached hydrogens (tertiary/aromatic N) is 4. The number of halogens is 2. The van der Waals surface area contributed by atoms with Crippen molar-refractivity contribution >= 4 is 33.6 Å². The summed E-state index contributed by atoms with van der Waals surface area (Å²) in [6.45, 7) is 5.60. The van der Waals surface area contributed by atoms with Crippen LogP contribution in [0.1, 0.15) is 47.2 Å². The van der Waals surface area contributed by atoms with Crippen LogP contribution in [0.2, 0.25) is 0 Å². The van der Waals surface area contributed by atoms with Gasteiger partial charge in [0.05, 0.1) is 5.56 Å². The Morgan fingerprint density at radius 3 is 2.24 bits per heavy atom. The van der Waals surface area contributed by atoms with Gasteiger partial charge in [-0.15, -0.1) is 10.2 Å². The Morgan fingerprint density at radius 1 is 1.06 bits per heavy atom. The summed E-state index contributed by atoms with van der Waals surface area (Å²) >= 11 is 3.34. The third kappa shape index (κ3) is 6.45. The molecule has 1 amide bonds. The van der Waals surface area contributed by atoms with Crippen molar-refractivity contribution in [1.29, 1.82) is 0 Å². The van der Waals surface area contributed by atoms with Crippen molar-refractivity contribution in [3.63, 3.8) is 0 Å². The van der Waals surface area contributed by atoms with E-state index in [1.165, 1.54) is 0 Å². The number of hydrogen-bond donors (Lipinski definition) is 3. The van der Waals surface area contributed by atoms with Gasteiger partial charge in [-0.1, -0.05) is 48.8 Å². The number of carbonyl (C=O) groups is 2. The summed E-state index contributed by atoms with van der Waals surface area (Å²) in [5.74, 6) is 5.13. The molecule has 0 spiro atoms. The summed E-state index contributed by atoms with van der Waals surface area (Å²) in [6, 6.07) is 10.2. The normalized spacial score (nSPS) is 10.8. The Hall–Kier alpha value is -3.12. The molecule has 1 aromatic carbocycles. The molecule has 3 aromatic rings. The average Bonchev–Trinajstić information content (AvgIpc) is 2.74. The topological polar surface area (TPSA) is 136 Å². The van der Waals surface area contributed by atoms with Gasteiger partial charge < -0.3 is 22.8 Å². The van der Waals surface area contributed by atoms with Gasteiger partial charge in [-0.3, -0.25) is 25.2 Å². The van der Waals surface area contributed by atoms with Gasteiger partial charge in [0.25, 0.3) is 17.4 Å². The van der Waals surface area contributed by atoms with Gasteiger partial charge in [0.15, 0.2) is 12.4 Å². The van der Waals surface area contributed by atoms with Crippen LogP contribution < -0.4 is 43.8 Å². The highest BCUT2D eigenvalue weighted by atomic mass is 79.9. The number of Topliss-reactive ketones (excluding diaryl/α,β-unsaturated/α-hetero) is 1. The number of carbonyl (C=O) groups excluding carboxylic acids is 2. The number of benzene rings is 1. The maximum atomic E-state index is 12.4. The zero-order chi connectivity index (χ0) is 23.5. The number of hydrazine groups is 1. The highest BCUT2D eigenvalue weighted by Gasteiger charge is 2.23. The molecule has 174 valence electrons. The van der Waals surface area contributed by atoms with E-state index in [-0.39, 0.29) is 41.0 Å². The fraction of sp³-hybridized carbons (Fsp3) is 0.238. The van der Waals surface area contributed by atoms with Gasteiger partial charge in [0.1, 0.15) is 5.69 Å². The number of ketones is 1. The first-order valence-corrected chi connectivity index (χ1v) is 10.4. The molecular formula is C21H23Br2N7O3. The first-order chi connectivity index (χ1) is 15.1. The molecular weight excluding hydrogens is 558 g/mol. The van der Waals surface area contributed by atoms with Crippen LogP contribution in [0.25, 0.3) is 0 Å². The van der Waals surface area contributed by atoms with Crippen LogP contribution >= 0.6 is 15.9 Å². The monoisotopic (exact) mass is 579 g/mol. The van der Waals surface area contributed by atoms with E-state index in [0.717, 1.165) is 9.15 Å². The Balaban J connectivity index is 0.00000385. The molecule has 0 aliphatic heterocycles. The van der Waals surface area contributed by atoms with Crippen LogP contribution in [0.5, 0.6) is 0 Å². The standard InChI is InChI=1S/C21H22BrN7O3.BrH/c1-21(2,3)17-19(32)29(23)20(26-24-17)27-25-18(31)14-8-10-28(11-9-14)12-16(30)13-4-6-15(22)7-5-13;/h4-11,31H,12,23H2,1-3H3;1H. The van der Waals surface area contributed by atoms with Crippen LogP contribution in [0.3, 0.4) is 0 Å².